The van der Waals surface area contributed by atoms with Gasteiger partial charge in [0, 0.05) is 5.69 Å². The molecule has 1 aromatic heterocycles. The Morgan fingerprint density at radius 3 is 2.88 bits per heavy atom. The molecule has 4 nitrogen and oxygen atoms in total. The van der Waals surface area contributed by atoms with Gasteiger partial charge in [0.1, 0.15) is 5.76 Å². The third-order valence-corrected chi connectivity index (χ3v) is 2.57. The second-order valence-corrected chi connectivity index (χ2v) is 3.80. The molecule has 0 saturated heterocycles. The quantitative estimate of drug-likeness (QED) is 0.793. The summed E-state index contributed by atoms with van der Waals surface area (Å²) in [4.78, 5) is 11.9. The molecule has 2 rings (SSSR count). The minimum Gasteiger partial charge on any atom is -0.467 e. The summed E-state index contributed by atoms with van der Waals surface area (Å²) in [6.45, 7) is 2.23. The fourth-order valence-corrected chi connectivity index (χ4v) is 1.55. The van der Waals surface area contributed by atoms with Crippen LogP contribution >= 0.6 is 0 Å². The van der Waals surface area contributed by atoms with Gasteiger partial charge in [-0.15, -0.1) is 0 Å². The molecule has 3 N–H and O–H groups in total. The number of rotatable bonds is 3. The standard InChI is InChI=1S/C13H14N2O2/c1-9-4-2-6-11(12(9)14)13(16)15-8-10-5-3-7-17-10/h2-7H,8,14H2,1H3,(H,15,16). The van der Waals surface area contributed by atoms with E-state index in [9.17, 15) is 4.79 Å². The van der Waals surface area contributed by atoms with Crippen molar-refractivity contribution in [3.63, 3.8) is 0 Å². The van der Waals surface area contributed by atoms with Crippen molar-refractivity contribution in [3.05, 3.63) is 53.5 Å². The van der Waals surface area contributed by atoms with Crippen LogP contribution in [0, 0.1) is 6.92 Å². The molecule has 1 heterocycles. The molecule has 2 aromatic rings. The molecule has 17 heavy (non-hydrogen) atoms. The number of amides is 1. The van der Waals surface area contributed by atoms with E-state index in [1.54, 1.807) is 24.5 Å². The third-order valence-electron chi connectivity index (χ3n) is 2.57. The topological polar surface area (TPSA) is 68.3 Å². The van der Waals surface area contributed by atoms with Gasteiger partial charge in [0.15, 0.2) is 0 Å². The van der Waals surface area contributed by atoms with Gasteiger partial charge in [-0.05, 0) is 30.7 Å². The Bertz CT molecular complexity index is 518. The number of benzene rings is 1. The SMILES string of the molecule is Cc1cccc(C(=O)NCc2ccco2)c1N. The molecule has 0 atom stereocenters. The molecular formula is C13H14N2O2. The highest BCUT2D eigenvalue weighted by molar-refractivity contribution is 5.99. The first kappa shape index (κ1) is 11.3. The zero-order valence-electron chi connectivity index (χ0n) is 9.57. The molecule has 4 heteroatoms. The van der Waals surface area contributed by atoms with Crippen LogP contribution in [0.3, 0.4) is 0 Å². The Morgan fingerprint density at radius 1 is 1.35 bits per heavy atom. The summed E-state index contributed by atoms with van der Waals surface area (Å²) in [5.41, 5.74) is 7.76. The van der Waals surface area contributed by atoms with Gasteiger partial charge in [-0.2, -0.15) is 0 Å². The maximum absolute atomic E-state index is 11.9. The lowest BCUT2D eigenvalue weighted by Gasteiger charge is -2.08. The zero-order valence-corrected chi connectivity index (χ0v) is 9.57. The van der Waals surface area contributed by atoms with Crippen molar-refractivity contribution in [1.29, 1.82) is 0 Å². The molecule has 0 saturated carbocycles. The van der Waals surface area contributed by atoms with E-state index >= 15 is 0 Å². The van der Waals surface area contributed by atoms with Crippen LogP contribution in [-0.2, 0) is 6.54 Å². The molecule has 88 valence electrons. The van der Waals surface area contributed by atoms with Gasteiger partial charge in [-0.25, -0.2) is 0 Å². The third kappa shape index (κ3) is 2.47. The van der Waals surface area contributed by atoms with Crippen molar-refractivity contribution in [2.45, 2.75) is 13.5 Å². The van der Waals surface area contributed by atoms with Gasteiger partial charge in [-0.3, -0.25) is 4.79 Å². The highest BCUT2D eigenvalue weighted by Crippen LogP contribution is 2.16. The van der Waals surface area contributed by atoms with Crippen LogP contribution in [0.4, 0.5) is 5.69 Å². The second-order valence-electron chi connectivity index (χ2n) is 3.80. The molecule has 0 bridgehead atoms. The number of hydrogen-bond donors (Lipinski definition) is 2. The molecule has 0 radical (unpaired) electrons. The van der Waals surface area contributed by atoms with E-state index in [2.05, 4.69) is 5.32 Å². The largest absolute Gasteiger partial charge is 0.467 e. The average Bonchev–Trinajstić information content (AvgIpc) is 2.82. The van der Waals surface area contributed by atoms with Gasteiger partial charge < -0.3 is 15.5 Å². The Kier molecular flexibility index (Phi) is 3.14. The molecule has 0 aliphatic heterocycles. The highest BCUT2D eigenvalue weighted by Gasteiger charge is 2.10. The molecule has 0 unspecified atom stereocenters. The zero-order chi connectivity index (χ0) is 12.3. The number of carbonyl (C=O) groups is 1. The van der Waals surface area contributed by atoms with Gasteiger partial charge in [0.05, 0.1) is 18.4 Å². The first-order chi connectivity index (χ1) is 8.18. The molecule has 0 fully saturated rings. The van der Waals surface area contributed by atoms with Crippen LogP contribution in [0.1, 0.15) is 21.7 Å². The summed E-state index contributed by atoms with van der Waals surface area (Å²) in [6, 6.07) is 8.98. The monoisotopic (exact) mass is 230 g/mol. The van der Waals surface area contributed by atoms with Gasteiger partial charge >= 0.3 is 0 Å². The number of aryl methyl sites for hydroxylation is 1. The van der Waals surface area contributed by atoms with Crippen LogP contribution in [-0.4, -0.2) is 5.91 Å². The minimum atomic E-state index is -0.192. The summed E-state index contributed by atoms with van der Waals surface area (Å²) in [5, 5.41) is 2.76. The lowest BCUT2D eigenvalue weighted by molar-refractivity contribution is 0.0949. The predicted molar refractivity (Wildman–Crippen MR) is 65.5 cm³/mol. The van der Waals surface area contributed by atoms with Crippen molar-refractivity contribution >= 4 is 11.6 Å². The molecule has 0 aliphatic carbocycles. The molecular weight excluding hydrogens is 216 g/mol. The summed E-state index contributed by atoms with van der Waals surface area (Å²) in [7, 11) is 0. The molecule has 0 aliphatic rings. The summed E-state index contributed by atoms with van der Waals surface area (Å²) >= 11 is 0. The van der Waals surface area contributed by atoms with E-state index in [0.717, 1.165) is 5.56 Å². The second kappa shape index (κ2) is 4.74. The maximum atomic E-state index is 11.9. The number of nitrogens with two attached hydrogens (primary N) is 1. The average molecular weight is 230 g/mol. The Balaban J connectivity index is 2.07. The van der Waals surface area contributed by atoms with Crippen LogP contribution in [0.25, 0.3) is 0 Å². The first-order valence-electron chi connectivity index (χ1n) is 5.34. The van der Waals surface area contributed by atoms with Crippen molar-refractivity contribution in [3.8, 4) is 0 Å². The van der Waals surface area contributed by atoms with Crippen LogP contribution in [0.15, 0.2) is 41.0 Å². The minimum absolute atomic E-state index is 0.192. The maximum Gasteiger partial charge on any atom is 0.253 e. The Morgan fingerprint density at radius 2 is 2.18 bits per heavy atom. The van der Waals surface area contributed by atoms with Crippen molar-refractivity contribution in [2.24, 2.45) is 0 Å². The fourth-order valence-electron chi connectivity index (χ4n) is 1.55. The molecule has 1 aromatic carbocycles. The van der Waals surface area contributed by atoms with E-state index in [1.165, 1.54) is 0 Å². The fraction of sp³-hybridized carbons (Fsp3) is 0.154. The lowest BCUT2D eigenvalue weighted by atomic mass is 10.1. The smallest absolute Gasteiger partial charge is 0.253 e. The number of nitrogens with one attached hydrogen (secondary N) is 1. The van der Waals surface area contributed by atoms with E-state index in [-0.39, 0.29) is 5.91 Å². The van der Waals surface area contributed by atoms with Crippen LogP contribution in [0.2, 0.25) is 0 Å². The van der Waals surface area contributed by atoms with E-state index < -0.39 is 0 Å². The number of carbonyl (C=O) groups excluding carboxylic acids is 1. The van der Waals surface area contributed by atoms with Gasteiger partial charge in [-0.1, -0.05) is 12.1 Å². The predicted octanol–water partition coefficient (Wildman–Crippen LogP) is 2.10. The number of anilines is 1. The lowest BCUT2D eigenvalue weighted by Crippen LogP contribution is -2.23. The van der Waals surface area contributed by atoms with Crippen LogP contribution in [0.5, 0.6) is 0 Å². The van der Waals surface area contributed by atoms with Gasteiger partial charge in [0.2, 0.25) is 0 Å². The molecule has 0 spiro atoms. The Hall–Kier alpha value is -2.23. The van der Waals surface area contributed by atoms with Crippen molar-refractivity contribution in [1.82, 2.24) is 5.32 Å². The summed E-state index contributed by atoms with van der Waals surface area (Å²) < 4.78 is 5.13. The highest BCUT2D eigenvalue weighted by atomic mass is 16.3. The van der Waals surface area contributed by atoms with Crippen molar-refractivity contribution < 1.29 is 9.21 Å². The Labute approximate surface area is 99.4 Å². The summed E-state index contributed by atoms with van der Waals surface area (Å²) in [6.07, 6.45) is 1.57. The summed E-state index contributed by atoms with van der Waals surface area (Å²) in [5.74, 6) is 0.521. The van der Waals surface area contributed by atoms with Gasteiger partial charge in [0.25, 0.3) is 5.91 Å². The van der Waals surface area contributed by atoms with E-state index in [1.807, 2.05) is 19.1 Å². The number of para-hydroxylation sites is 1. The van der Waals surface area contributed by atoms with Crippen molar-refractivity contribution in [2.75, 3.05) is 5.73 Å². The number of hydrogen-bond acceptors (Lipinski definition) is 3. The number of nitrogen functional groups attached to an aromatic ring is 1. The van der Waals surface area contributed by atoms with Crippen LogP contribution < -0.4 is 11.1 Å². The first-order valence-corrected chi connectivity index (χ1v) is 5.34. The van der Waals surface area contributed by atoms with E-state index in [4.69, 9.17) is 10.2 Å². The molecule has 1 amide bonds. The number of furan rings is 1. The van der Waals surface area contributed by atoms with E-state index in [0.29, 0.717) is 23.6 Å². The normalized spacial score (nSPS) is 10.2.